The first-order chi connectivity index (χ1) is 13.8. The van der Waals surface area contributed by atoms with Gasteiger partial charge in [0.15, 0.2) is 0 Å². The molecule has 1 atom stereocenters. The monoisotopic (exact) mass is 395 g/mol. The molecule has 4 heterocycles. The summed E-state index contributed by atoms with van der Waals surface area (Å²) < 4.78 is 5.72. The van der Waals surface area contributed by atoms with Crippen LogP contribution in [0.1, 0.15) is 47.6 Å². The van der Waals surface area contributed by atoms with Gasteiger partial charge in [-0.1, -0.05) is 12.1 Å². The van der Waals surface area contributed by atoms with Crippen LogP contribution >= 0.6 is 11.3 Å². The van der Waals surface area contributed by atoms with Crippen LogP contribution in [0.3, 0.4) is 0 Å². The number of anilines is 1. The molecule has 3 aromatic rings. The van der Waals surface area contributed by atoms with E-state index in [0.29, 0.717) is 5.82 Å². The molecular formula is C21H25N5OS. The molecule has 0 radical (unpaired) electrons. The Bertz CT molecular complexity index is 959. The van der Waals surface area contributed by atoms with Crippen molar-refractivity contribution in [3.8, 4) is 11.5 Å². The number of pyridine rings is 1. The number of fused-ring (bicyclic) bond motifs is 1. The summed E-state index contributed by atoms with van der Waals surface area (Å²) >= 11 is 1.84. The zero-order chi connectivity index (χ0) is 18.9. The molecule has 28 heavy (non-hydrogen) atoms. The van der Waals surface area contributed by atoms with Gasteiger partial charge in [-0.05, 0) is 60.4 Å². The summed E-state index contributed by atoms with van der Waals surface area (Å²) in [4.78, 5) is 13.5. The minimum atomic E-state index is 0.221. The molecule has 1 aliphatic carbocycles. The smallest absolute Gasteiger partial charge is 0.234 e. The second-order valence-corrected chi connectivity index (χ2v) is 8.51. The largest absolute Gasteiger partial charge is 0.354 e. The molecule has 7 heteroatoms. The van der Waals surface area contributed by atoms with Crippen LogP contribution in [0.15, 0.2) is 28.1 Å². The fourth-order valence-corrected chi connectivity index (χ4v) is 5.16. The number of hydrogen-bond donors (Lipinski definition) is 1. The summed E-state index contributed by atoms with van der Waals surface area (Å²) in [5.41, 5.74) is 3.43. The number of aromatic nitrogens is 3. The van der Waals surface area contributed by atoms with E-state index in [-0.39, 0.29) is 5.92 Å². The highest BCUT2D eigenvalue weighted by molar-refractivity contribution is 7.10. The molecule has 5 rings (SSSR count). The molecule has 2 aliphatic rings. The van der Waals surface area contributed by atoms with Gasteiger partial charge in [0.1, 0.15) is 11.5 Å². The Morgan fingerprint density at radius 3 is 3.00 bits per heavy atom. The summed E-state index contributed by atoms with van der Waals surface area (Å²) in [7, 11) is 0. The normalized spacial score (nSPS) is 19.6. The summed E-state index contributed by atoms with van der Waals surface area (Å²) in [6.07, 6.45) is 4.37. The Balaban J connectivity index is 1.47. The van der Waals surface area contributed by atoms with E-state index in [2.05, 4.69) is 45.9 Å². The second kappa shape index (κ2) is 7.64. The lowest BCUT2D eigenvalue weighted by Gasteiger charge is -2.29. The number of piperazine rings is 1. The van der Waals surface area contributed by atoms with E-state index in [4.69, 9.17) is 14.5 Å². The SMILES string of the molecule is CCc1cc(-c2noc(C3CCCc4sccc43)n2)nc(N2CCNCC2)c1. The first kappa shape index (κ1) is 17.8. The van der Waals surface area contributed by atoms with Crippen LogP contribution in [0.2, 0.25) is 0 Å². The van der Waals surface area contributed by atoms with E-state index >= 15 is 0 Å². The Morgan fingerprint density at radius 2 is 2.14 bits per heavy atom. The van der Waals surface area contributed by atoms with Crippen molar-refractivity contribution >= 4 is 17.2 Å². The van der Waals surface area contributed by atoms with Gasteiger partial charge in [-0.15, -0.1) is 11.3 Å². The molecule has 1 fully saturated rings. The van der Waals surface area contributed by atoms with Crippen molar-refractivity contribution in [2.24, 2.45) is 0 Å². The molecule has 6 nitrogen and oxygen atoms in total. The molecular weight excluding hydrogens is 370 g/mol. The van der Waals surface area contributed by atoms with Crippen LogP contribution in [0.5, 0.6) is 0 Å². The molecule has 1 N–H and O–H groups in total. The van der Waals surface area contributed by atoms with Crippen molar-refractivity contribution in [3.63, 3.8) is 0 Å². The fourth-order valence-electron chi connectivity index (χ4n) is 4.17. The zero-order valence-electron chi connectivity index (χ0n) is 16.1. The lowest BCUT2D eigenvalue weighted by molar-refractivity contribution is 0.355. The average Bonchev–Trinajstić information content (AvgIpc) is 3.43. The van der Waals surface area contributed by atoms with Crippen molar-refractivity contribution in [1.29, 1.82) is 0 Å². The summed E-state index contributed by atoms with van der Waals surface area (Å²) in [5.74, 6) is 2.56. The first-order valence-electron chi connectivity index (χ1n) is 10.2. The second-order valence-electron chi connectivity index (χ2n) is 7.51. The van der Waals surface area contributed by atoms with Crippen molar-refractivity contribution in [2.75, 3.05) is 31.1 Å². The van der Waals surface area contributed by atoms with Crippen LogP contribution in [0, 0.1) is 0 Å². The molecule has 0 saturated carbocycles. The van der Waals surface area contributed by atoms with E-state index in [1.807, 2.05) is 11.3 Å². The van der Waals surface area contributed by atoms with Gasteiger partial charge in [0.2, 0.25) is 11.7 Å². The minimum Gasteiger partial charge on any atom is -0.354 e. The number of nitrogens with zero attached hydrogens (tertiary/aromatic N) is 4. The Kier molecular flexibility index (Phi) is 4.86. The highest BCUT2D eigenvalue weighted by Gasteiger charge is 2.28. The molecule has 0 aromatic carbocycles. The van der Waals surface area contributed by atoms with Gasteiger partial charge in [0.25, 0.3) is 0 Å². The topological polar surface area (TPSA) is 67.1 Å². The van der Waals surface area contributed by atoms with Crippen LogP contribution in [-0.2, 0) is 12.8 Å². The quantitative estimate of drug-likeness (QED) is 0.728. The summed E-state index contributed by atoms with van der Waals surface area (Å²) in [6.45, 7) is 6.09. The first-order valence-corrected chi connectivity index (χ1v) is 11.1. The van der Waals surface area contributed by atoms with Crippen LogP contribution in [0.25, 0.3) is 11.5 Å². The molecule has 3 aromatic heterocycles. The number of hydrogen-bond acceptors (Lipinski definition) is 7. The van der Waals surface area contributed by atoms with Crippen molar-refractivity contribution in [2.45, 2.75) is 38.5 Å². The zero-order valence-corrected chi connectivity index (χ0v) is 17.0. The Morgan fingerprint density at radius 1 is 1.25 bits per heavy atom. The average molecular weight is 396 g/mol. The van der Waals surface area contributed by atoms with Gasteiger partial charge in [-0.25, -0.2) is 4.98 Å². The fraction of sp³-hybridized carbons (Fsp3) is 0.476. The Hall–Kier alpha value is -2.25. The van der Waals surface area contributed by atoms with E-state index in [1.165, 1.54) is 28.8 Å². The lowest BCUT2D eigenvalue weighted by atomic mass is 9.88. The van der Waals surface area contributed by atoms with Crippen molar-refractivity contribution < 1.29 is 4.52 Å². The van der Waals surface area contributed by atoms with Crippen LogP contribution < -0.4 is 10.2 Å². The number of aryl methyl sites for hydroxylation is 2. The van der Waals surface area contributed by atoms with Crippen molar-refractivity contribution in [1.82, 2.24) is 20.4 Å². The molecule has 0 amide bonds. The van der Waals surface area contributed by atoms with Gasteiger partial charge >= 0.3 is 0 Å². The van der Waals surface area contributed by atoms with E-state index in [9.17, 15) is 0 Å². The molecule has 146 valence electrons. The molecule has 0 bridgehead atoms. The van der Waals surface area contributed by atoms with Crippen LogP contribution in [0.4, 0.5) is 5.82 Å². The van der Waals surface area contributed by atoms with Gasteiger partial charge < -0.3 is 14.7 Å². The molecule has 1 aliphatic heterocycles. The standard InChI is InChI=1S/C21H25N5OS/c1-2-14-12-17(23-19(13-14)26-9-7-22-8-10-26)20-24-21(27-25-20)16-4-3-5-18-15(16)6-11-28-18/h6,11-13,16,22H,2-5,7-10H2,1H3. The molecule has 1 saturated heterocycles. The minimum absolute atomic E-state index is 0.221. The van der Waals surface area contributed by atoms with Crippen LogP contribution in [-0.4, -0.2) is 41.3 Å². The third-order valence-corrected chi connectivity index (χ3v) is 6.74. The van der Waals surface area contributed by atoms with Gasteiger partial charge in [-0.3, -0.25) is 0 Å². The van der Waals surface area contributed by atoms with E-state index < -0.39 is 0 Å². The third-order valence-electron chi connectivity index (χ3n) is 5.74. The lowest BCUT2D eigenvalue weighted by Crippen LogP contribution is -2.44. The maximum Gasteiger partial charge on any atom is 0.234 e. The van der Waals surface area contributed by atoms with Crippen molar-refractivity contribution in [3.05, 3.63) is 45.5 Å². The predicted molar refractivity (Wildman–Crippen MR) is 111 cm³/mol. The van der Waals surface area contributed by atoms with Gasteiger partial charge in [0, 0.05) is 31.1 Å². The predicted octanol–water partition coefficient (Wildman–Crippen LogP) is 3.63. The number of thiophene rings is 1. The summed E-state index contributed by atoms with van der Waals surface area (Å²) in [5, 5.41) is 9.87. The highest BCUT2D eigenvalue weighted by Crippen LogP contribution is 2.39. The third kappa shape index (κ3) is 3.33. The molecule has 0 spiro atoms. The van der Waals surface area contributed by atoms with Gasteiger partial charge in [-0.2, -0.15) is 4.98 Å². The number of nitrogens with one attached hydrogen (secondary N) is 1. The summed E-state index contributed by atoms with van der Waals surface area (Å²) in [6, 6.07) is 6.50. The van der Waals surface area contributed by atoms with E-state index in [1.54, 1.807) is 0 Å². The number of rotatable bonds is 4. The molecule has 1 unspecified atom stereocenters. The Labute approximate surface area is 169 Å². The maximum atomic E-state index is 5.72. The van der Waals surface area contributed by atoms with E-state index in [0.717, 1.165) is 56.4 Å². The van der Waals surface area contributed by atoms with Gasteiger partial charge in [0.05, 0.1) is 5.92 Å². The maximum absolute atomic E-state index is 5.72. The highest BCUT2D eigenvalue weighted by atomic mass is 32.1.